The van der Waals surface area contributed by atoms with Crippen LogP contribution in [0.3, 0.4) is 0 Å². The van der Waals surface area contributed by atoms with Gasteiger partial charge in [0.25, 0.3) is 0 Å². The van der Waals surface area contributed by atoms with E-state index in [4.69, 9.17) is 0 Å². The standard InChI is InChI=1S/C22H24N2O3/c1-14-11-17-13-20(26)23-19(12-15-7-9-18(25)10-8-15)22(27)24(17)21(14)16-5-3-2-4-6-16/h2-10,14,17,19,21,25H,11-13H2,1H3,(H,23,26)/t14-,17-,19-,21+/m0/s1. The molecule has 2 aromatic rings. The molecule has 2 fully saturated rings. The van der Waals surface area contributed by atoms with E-state index in [9.17, 15) is 14.7 Å². The van der Waals surface area contributed by atoms with Gasteiger partial charge in [-0.15, -0.1) is 0 Å². The van der Waals surface area contributed by atoms with Gasteiger partial charge < -0.3 is 15.3 Å². The molecule has 0 aromatic heterocycles. The van der Waals surface area contributed by atoms with Crippen LogP contribution in [0.2, 0.25) is 0 Å². The minimum atomic E-state index is -0.580. The number of phenolic OH excluding ortho intramolecular Hbond substituents is 1. The van der Waals surface area contributed by atoms with E-state index in [2.05, 4.69) is 24.4 Å². The Hall–Kier alpha value is -2.82. The summed E-state index contributed by atoms with van der Waals surface area (Å²) in [6, 6.07) is 16.2. The fraction of sp³-hybridized carbons (Fsp3) is 0.364. The van der Waals surface area contributed by atoms with Crippen molar-refractivity contribution < 1.29 is 14.7 Å². The molecule has 140 valence electrons. The average Bonchev–Trinajstić information content (AvgIpc) is 2.93. The van der Waals surface area contributed by atoms with E-state index in [1.54, 1.807) is 24.3 Å². The van der Waals surface area contributed by atoms with Crippen molar-refractivity contribution in [2.75, 3.05) is 0 Å². The zero-order chi connectivity index (χ0) is 19.0. The van der Waals surface area contributed by atoms with Crippen molar-refractivity contribution in [3.63, 3.8) is 0 Å². The van der Waals surface area contributed by atoms with Crippen molar-refractivity contribution in [2.24, 2.45) is 5.92 Å². The van der Waals surface area contributed by atoms with E-state index < -0.39 is 6.04 Å². The number of fused-ring (bicyclic) bond motifs is 1. The van der Waals surface area contributed by atoms with Crippen molar-refractivity contribution in [1.29, 1.82) is 0 Å². The summed E-state index contributed by atoms with van der Waals surface area (Å²) < 4.78 is 0. The number of nitrogens with zero attached hydrogens (tertiary/aromatic N) is 1. The monoisotopic (exact) mass is 364 g/mol. The van der Waals surface area contributed by atoms with Gasteiger partial charge in [0.1, 0.15) is 11.8 Å². The van der Waals surface area contributed by atoms with Gasteiger partial charge in [-0.25, -0.2) is 0 Å². The lowest BCUT2D eigenvalue weighted by Gasteiger charge is -2.32. The lowest BCUT2D eigenvalue weighted by atomic mass is 9.94. The van der Waals surface area contributed by atoms with Crippen LogP contribution in [0.15, 0.2) is 54.6 Å². The molecule has 0 spiro atoms. The number of benzene rings is 2. The maximum Gasteiger partial charge on any atom is 0.246 e. The van der Waals surface area contributed by atoms with Gasteiger partial charge in [0.05, 0.1) is 6.04 Å². The molecule has 2 aliphatic rings. The number of amides is 2. The quantitative estimate of drug-likeness (QED) is 0.880. The molecule has 0 bridgehead atoms. The van der Waals surface area contributed by atoms with Crippen molar-refractivity contribution >= 4 is 11.8 Å². The number of rotatable bonds is 3. The van der Waals surface area contributed by atoms with E-state index >= 15 is 0 Å². The fourth-order valence-corrected chi connectivity index (χ4v) is 4.53. The largest absolute Gasteiger partial charge is 0.508 e. The lowest BCUT2D eigenvalue weighted by molar-refractivity contribution is -0.136. The molecular formula is C22H24N2O3. The Balaban J connectivity index is 1.65. The van der Waals surface area contributed by atoms with Crippen LogP contribution in [0.5, 0.6) is 5.75 Å². The predicted molar refractivity (Wildman–Crippen MR) is 102 cm³/mol. The Morgan fingerprint density at radius 2 is 1.78 bits per heavy atom. The van der Waals surface area contributed by atoms with Crippen LogP contribution in [-0.2, 0) is 16.0 Å². The SMILES string of the molecule is C[C@H]1C[C@H]2CC(=O)N[C@@H](Cc3ccc(O)cc3)C(=O)N2[C@H]1c1ccccc1. The number of carbonyl (C=O) groups is 2. The van der Waals surface area contributed by atoms with Gasteiger partial charge in [0.15, 0.2) is 0 Å². The predicted octanol–water partition coefficient (Wildman–Crippen LogP) is 2.80. The summed E-state index contributed by atoms with van der Waals surface area (Å²) >= 11 is 0. The molecule has 0 saturated carbocycles. The summed E-state index contributed by atoms with van der Waals surface area (Å²) in [6.07, 6.45) is 1.61. The van der Waals surface area contributed by atoms with Gasteiger partial charge in [-0.2, -0.15) is 0 Å². The maximum atomic E-state index is 13.4. The van der Waals surface area contributed by atoms with Crippen LogP contribution in [-0.4, -0.2) is 33.9 Å². The van der Waals surface area contributed by atoms with E-state index in [0.717, 1.165) is 17.5 Å². The summed E-state index contributed by atoms with van der Waals surface area (Å²) in [5, 5.41) is 12.4. The van der Waals surface area contributed by atoms with Gasteiger partial charge in [-0.05, 0) is 35.6 Å². The molecule has 27 heavy (non-hydrogen) atoms. The molecule has 2 aromatic carbocycles. The molecular weight excluding hydrogens is 340 g/mol. The Labute approximate surface area is 159 Å². The minimum absolute atomic E-state index is 0.00119. The number of phenols is 1. The Kier molecular flexibility index (Phi) is 4.60. The van der Waals surface area contributed by atoms with Crippen LogP contribution in [0.4, 0.5) is 0 Å². The normalized spacial score (nSPS) is 27.8. The molecule has 2 N–H and O–H groups in total. The molecule has 2 saturated heterocycles. The molecule has 2 aliphatic heterocycles. The highest BCUT2D eigenvalue weighted by Crippen LogP contribution is 2.43. The van der Waals surface area contributed by atoms with Crippen LogP contribution >= 0.6 is 0 Å². The van der Waals surface area contributed by atoms with Gasteiger partial charge in [-0.1, -0.05) is 49.4 Å². The number of nitrogens with one attached hydrogen (secondary N) is 1. The summed E-state index contributed by atoms with van der Waals surface area (Å²) in [6.45, 7) is 2.16. The van der Waals surface area contributed by atoms with E-state index in [1.165, 1.54) is 0 Å². The Morgan fingerprint density at radius 3 is 2.48 bits per heavy atom. The third-order valence-electron chi connectivity index (χ3n) is 5.70. The van der Waals surface area contributed by atoms with Crippen molar-refractivity contribution in [3.05, 3.63) is 65.7 Å². The van der Waals surface area contributed by atoms with Crippen molar-refractivity contribution in [2.45, 2.75) is 44.3 Å². The van der Waals surface area contributed by atoms with Gasteiger partial charge >= 0.3 is 0 Å². The second-order valence-corrected chi connectivity index (χ2v) is 7.66. The fourth-order valence-electron chi connectivity index (χ4n) is 4.53. The van der Waals surface area contributed by atoms with Crippen molar-refractivity contribution in [3.8, 4) is 5.75 Å². The molecule has 4 atom stereocenters. The number of hydrogen-bond donors (Lipinski definition) is 2. The summed E-state index contributed by atoms with van der Waals surface area (Å²) in [7, 11) is 0. The van der Waals surface area contributed by atoms with Crippen LogP contribution < -0.4 is 5.32 Å². The van der Waals surface area contributed by atoms with Gasteiger partial charge in [0, 0.05) is 18.9 Å². The first-order chi connectivity index (χ1) is 13.0. The van der Waals surface area contributed by atoms with Crippen LogP contribution in [0.25, 0.3) is 0 Å². The Morgan fingerprint density at radius 1 is 1.07 bits per heavy atom. The second kappa shape index (κ2) is 7.06. The first-order valence-corrected chi connectivity index (χ1v) is 9.47. The summed E-state index contributed by atoms with van der Waals surface area (Å²) in [5.74, 6) is 0.409. The molecule has 0 radical (unpaired) electrons. The number of aromatic hydroxyl groups is 1. The highest BCUT2D eigenvalue weighted by Gasteiger charge is 2.47. The molecule has 5 heteroatoms. The molecule has 5 nitrogen and oxygen atoms in total. The van der Waals surface area contributed by atoms with E-state index in [-0.39, 0.29) is 29.6 Å². The first kappa shape index (κ1) is 17.6. The Bertz CT molecular complexity index is 834. The molecule has 4 rings (SSSR count). The average molecular weight is 364 g/mol. The minimum Gasteiger partial charge on any atom is -0.508 e. The highest BCUT2D eigenvalue weighted by molar-refractivity contribution is 5.91. The van der Waals surface area contributed by atoms with Crippen LogP contribution in [0, 0.1) is 5.92 Å². The summed E-state index contributed by atoms with van der Waals surface area (Å²) in [5.41, 5.74) is 2.03. The number of carbonyl (C=O) groups excluding carboxylic acids is 2. The molecule has 2 amide bonds. The third-order valence-corrected chi connectivity index (χ3v) is 5.70. The topological polar surface area (TPSA) is 69.6 Å². The van der Waals surface area contributed by atoms with E-state index in [0.29, 0.717) is 18.8 Å². The number of hydrogen-bond acceptors (Lipinski definition) is 3. The smallest absolute Gasteiger partial charge is 0.246 e. The molecule has 2 heterocycles. The maximum absolute atomic E-state index is 13.4. The second-order valence-electron chi connectivity index (χ2n) is 7.66. The van der Waals surface area contributed by atoms with Crippen molar-refractivity contribution in [1.82, 2.24) is 10.2 Å². The zero-order valence-electron chi connectivity index (χ0n) is 15.3. The lowest BCUT2D eigenvalue weighted by Crippen LogP contribution is -2.47. The van der Waals surface area contributed by atoms with E-state index in [1.807, 2.05) is 23.1 Å². The zero-order valence-corrected chi connectivity index (χ0v) is 15.3. The molecule has 0 aliphatic carbocycles. The highest BCUT2D eigenvalue weighted by atomic mass is 16.3. The summed E-state index contributed by atoms with van der Waals surface area (Å²) in [4.78, 5) is 27.8. The van der Waals surface area contributed by atoms with Crippen LogP contribution in [0.1, 0.15) is 36.9 Å². The molecule has 0 unspecified atom stereocenters. The first-order valence-electron chi connectivity index (χ1n) is 9.47. The third kappa shape index (κ3) is 3.42. The van der Waals surface area contributed by atoms with Gasteiger partial charge in [-0.3, -0.25) is 9.59 Å². The van der Waals surface area contributed by atoms with Gasteiger partial charge in [0.2, 0.25) is 11.8 Å².